The molecule has 0 atom stereocenters. The summed E-state index contributed by atoms with van der Waals surface area (Å²) in [5.41, 5.74) is 3.01. The summed E-state index contributed by atoms with van der Waals surface area (Å²) in [6.45, 7) is 0. The maximum absolute atomic E-state index is 9.61. The van der Waals surface area contributed by atoms with Crippen molar-refractivity contribution in [3.63, 3.8) is 0 Å². The molecule has 23 heavy (non-hydrogen) atoms. The Hall–Kier alpha value is -2.40. The molecule has 1 fully saturated rings. The lowest BCUT2D eigenvalue weighted by molar-refractivity contribution is 0.126. The maximum Gasteiger partial charge on any atom is 0.126 e. The highest BCUT2D eigenvalue weighted by atomic mass is 16.3. The van der Waals surface area contributed by atoms with E-state index in [0.29, 0.717) is 6.04 Å². The number of nitrogens with zero attached hydrogens (tertiary/aromatic N) is 3. The molecule has 0 unspecified atom stereocenters. The molecule has 3 heterocycles. The highest BCUT2D eigenvalue weighted by Gasteiger charge is 2.19. The summed E-state index contributed by atoms with van der Waals surface area (Å²) in [4.78, 5) is 4.75. The van der Waals surface area contributed by atoms with Gasteiger partial charge in [-0.05, 0) is 49.9 Å². The van der Waals surface area contributed by atoms with Crippen LogP contribution in [0.4, 0.5) is 5.82 Å². The van der Waals surface area contributed by atoms with Crippen LogP contribution in [0.25, 0.3) is 16.8 Å². The first-order valence-electron chi connectivity index (χ1n) is 8.14. The summed E-state index contributed by atoms with van der Waals surface area (Å²) in [6, 6.07) is 12.5. The van der Waals surface area contributed by atoms with Crippen molar-refractivity contribution < 1.29 is 5.11 Å². The molecule has 3 aromatic rings. The fourth-order valence-corrected chi connectivity index (χ4v) is 3.23. The molecule has 4 rings (SSSR count). The van der Waals surface area contributed by atoms with Gasteiger partial charge in [-0.25, -0.2) is 9.50 Å². The smallest absolute Gasteiger partial charge is 0.126 e. The second-order valence-corrected chi connectivity index (χ2v) is 6.15. The normalized spacial score (nSPS) is 21.4. The van der Waals surface area contributed by atoms with Gasteiger partial charge in [-0.1, -0.05) is 12.1 Å². The van der Waals surface area contributed by atoms with E-state index in [1.165, 1.54) is 0 Å². The molecule has 0 radical (unpaired) electrons. The van der Waals surface area contributed by atoms with E-state index in [0.717, 1.165) is 48.3 Å². The lowest BCUT2D eigenvalue weighted by atomic mass is 9.93. The van der Waals surface area contributed by atoms with Crippen molar-refractivity contribution in [2.75, 3.05) is 5.32 Å². The van der Waals surface area contributed by atoms with Gasteiger partial charge in [-0.3, -0.25) is 0 Å². The number of hydrogen-bond donors (Lipinski definition) is 2. The molecule has 0 aliphatic heterocycles. The van der Waals surface area contributed by atoms with Crippen LogP contribution in [0.15, 0.2) is 48.8 Å². The van der Waals surface area contributed by atoms with Crippen molar-refractivity contribution >= 4 is 11.3 Å². The zero-order valence-electron chi connectivity index (χ0n) is 12.9. The lowest BCUT2D eigenvalue weighted by Gasteiger charge is -2.26. The number of nitrogens with one attached hydrogen (secondary N) is 1. The van der Waals surface area contributed by atoms with E-state index in [2.05, 4.69) is 10.4 Å². The van der Waals surface area contributed by atoms with Gasteiger partial charge in [-0.2, -0.15) is 5.10 Å². The van der Waals surface area contributed by atoms with Crippen LogP contribution in [0.3, 0.4) is 0 Å². The van der Waals surface area contributed by atoms with Crippen LogP contribution >= 0.6 is 0 Å². The summed E-state index contributed by atoms with van der Waals surface area (Å²) >= 11 is 0. The average Bonchev–Trinajstić information content (AvgIpc) is 3.01. The summed E-state index contributed by atoms with van der Waals surface area (Å²) in [5, 5.41) is 17.5. The highest BCUT2D eigenvalue weighted by molar-refractivity contribution is 5.78. The molecule has 0 aromatic carbocycles. The Balaban J connectivity index is 1.59. The topological polar surface area (TPSA) is 62.5 Å². The van der Waals surface area contributed by atoms with Crippen molar-refractivity contribution in [1.29, 1.82) is 0 Å². The zero-order valence-corrected chi connectivity index (χ0v) is 12.9. The largest absolute Gasteiger partial charge is 0.393 e. The number of rotatable bonds is 3. The summed E-state index contributed by atoms with van der Waals surface area (Å²) in [5.74, 6) is 0.888. The molecule has 118 valence electrons. The van der Waals surface area contributed by atoms with Crippen molar-refractivity contribution in [3.8, 4) is 11.3 Å². The molecule has 1 aliphatic carbocycles. The molecule has 5 nitrogen and oxygen atoms in total. The van der Waals surface area contributed by atoms with Crippen molar-refractivity contribution in [1.82, 2.24) is 14.6 Å². The van der Waals surface area contributed by atoms with Gasteiger partial charge in [0.15, 0.2) is 0 Å². The molecule has 2 N–H and O–H groups in total. The third-order valence-electron chi connectivity index (χ3n) is 4.50. The first kappa shape index (κ1) is 14.2. The molecule has 1 saturated carbocycles. The van der Waals surface area contributed by atoms with E-state index in [1.807, 2.05) is 53.3 Å². The molecule has 3 aromatic heterocycles. The first-order chi connectivity index (χ1) is 11.3. The Labute approximate surface area is 135 Å². The quantitative estimate of drug-likeness (QED) is 0.780. The summed E-state index contributed by atoms with van der Waals surface area (Å²) in [7, 11) is 0. The number of hydrogen-bond acceptors (Lipinski definition) is 4. The minimum absolute atomic E-state index is 0.133. The Morgan fingerprint density at radius 2 is 1.91 bits per heavy atom. The van der Waals surface area contributed by atoms with E-state index in [9.17, 15) is 5.11 Å². The SMILES string of the molecule is O[C@H]1CC[C@H](Nc2cccc(-c3cnn4ccccc34)n2)CC1. The van der Waals surface area contributed by atoms with E-state index in [4.69, 9.17) is 4.98 Å². The molecule has 1 aliphatic rings. The summed E-state index contributed by atoms with van der Waals surface area (Å²) in [6.07, 6.45) is 7.38. The van der Waals surface area contributed by atoms with Gasteiger partial charge >= 0.3 is 0 Å². The Kier molecular flexibility index (Phi) is 3.71. The predicted molar refractivity (Wildman–Crippen MR) is 90.3 cm³/mol. The van der Waals surface area contributed by atoms with Gasteiger partial charge in [0.1, 0.15) is 5.82 Å². The summed E-state index contributed by atoms with van der Waals surface area (Å²) < 4.78 is 1.86. The van der Waals surface area contributed by atoms with Gasteiger partial charge in [0.2, 0.25) is 0 Å². The monoisotopic (exact) mass is 308 g/mol. The molecular weight excluding hydrogens is 288 g/mol. The van der Waals surface area contributed by atoms with Gasteiger partial charge in [0.25, 0.3) is 0 Å². The third-order valence-corrected chi connectivity index (χ3v) is 4.50. The van der Waals surface area contributed by atoms with Crippen molar-refractivity contribution in [2.45, 2.75) is 37.8 Å². The predicted octanol–water partition coefficient (Wildman–Crippen LogP) is 3.11. The van der Waals surface area contributed by atoms with Crippen molar-refractivity contribution in [3.05, 3.63) is 48.8 Å². The molecule has 0 amide bonds. The number of aliphatic hydroxyl groups is 1. The number of fused-ring (bicyclic) bond motifs is 1. The Morgan fingerprint density at radius 3 is 2.78 bits per heavy atom. The Morgan fingerprint density at radius 1 is 1.04 bits per heavy atom. The Bertz CT molecular complexity index is 805. The second-order valence-electron chi connectivity index (χ2n) is 6.15. The number of aliphatic hydroxyl groups excluding tert-OH is 1. The number of pyridine rings is 2. The molecule has 0 saturated heterocycles. The molecular formula is C18H20N4O. The molecule has 0 spiro atoms. The van der Waals surface area contributed by atoms with Crippen LogP contribution in [-0.4, -0.2) is 31.9 Å². The van der Waals surface area contributed by atoms with Crippen molar-refractivity contribution in [2.24, 2.45) is 0 Å². The van der Waals surface area contributed by atoms with Crippen LogP contribution in [-0.2, 0) is 0 Å². The fraction of sp³-hybridized carbons (Fsp3) is 0.333. The third kappa shape index (κ3) is 2.92. The average molecular weight is 308 g/mol. The molecule has 0 bridgehead atoms. The van der Waals surface area contributed by atoms with E-state index < -0.39 is 0 Å². The minimum atomic E-state index is -0.133. The highest BCUT2D eigenvalue weighted by Crippen LogP contribution is 2.25. The van der Waals surface area contributed by atoms with Crippen LogP contribution in [0, 0.1) is 0 Å². The minimum Gasteiger partial charge on any atom is -0.393 e. The van der Waals surface area contributed by atoms with Gasteiger partial charge in [0, 0.05) is 17.8 Å². The van der Waals surface area contributed by atoms with Crippen LogP contribution in [0.2, 0.25) is 0 Å². The van der Waals surface area contributed by atoms with Gasteiger partial charge in [0.05, 0.1) is 23.5 Å². The number of aromatic nitrogens is 3. The fourth-order valence-electron chi connectivity index (χ4n) is 3.23. The standard InChI is InChI=1S/C18H20N4O/c23-14-9-7-13(8-10-14)20-18-6-3-4-16(21-18)15-12-19-22-11-2-1-5-17(15)22/h1-6,11-14,23H,7-10H2,(H,20,21)/t13-,14-. The zero-order chi connectivity index (χ0) is 15.6. The lowest BCUT2D eigenvalue weighted by Crippen LogP contribution is -2.28. The van der Waals surface area contributed by atoms with E-state index in [1.54, 1.807) is 0 Å². The first-order valence-corrected chi connectivity index (χ1v) is 8.14. The maximum atomic E-state index is 9.61. The van der Waals surface area contributed by atoms with E-state index in [-0.39, 0.29) is 6.10 Å². The van der Waals surface area contributed by atoms with E-state index >= 15 is 0 Å². The van der Waals surface area contributed by atoms with Gasteiger partial charge in [-0.15, -0.1) is 0 Å². The second kappa shape index (κ2) is 6.01. The van der Waals surface area contributed by atoms with Crippen LogP contribution in [0.5, 0.6) is 0 Å². The van der Waals surface area contributed by atoms with Crippen LogP contribution < -0.4 is 5.32 Å². The van der Waals surface area contributed by atoms with Gasteiger partial charge < -0.3 is 10.4 Å². The molecule has 5 heteroatoms. The van der Waals surface area contributed by atoms with Crippen LogP contribution in [0.1, 0.15) is 25.7 Å². The number of anilines is 1.